The number of carbonyl (C=O) groups excluding carboxylic acids is 1. The minimum atomic E-state index is -0.233. The molecule has 0 saturated carbocycles. The van der Waals surface area contributed by atoms with Crippen LogP contribution in [-0.4, -0.2) is 23.1 Å². The van der Waals surface area contributed by atoms with E-state index in [1.807, 2.05) is 24.3 Å². The number of nitrogens with two attached hydrogens (primary N) is 1. The number of rotatable bonds is 3. The van der Waals surface area contributed by atoms with E-state index in [0.29, 0.717) is 12.2 Å². The van der Waals surface area contributed by atoms with Crippen molar-refractivity contribution in [2.24, 2.45) is 0 Å². The monoisotopic (exact) mass is 248 g/mol. The molecule has 1 fully saturated rings. The van der Waals surface area contributed by atoms with Crippen LogP contribution in [0.25, 0.3) is 0 Å². The topological polar surface area (TPSA) is 55.6 Å². The summed E-state index contributed by atoms with van der Waals surface area (Å²) in [5.41, 5.74) is 7.19. The van der Waals surface area contributed by atoms with E-state index in [4.69, 9.17) is 10.5 Å². The van der Waals surface area contributed by atoms with E-state index in [9.17, 15) is 4.79 Å². The van der Waals surface area contributed by atoms with Gasteiger partial charge >= 0.3 is 6.09 Å². The van der Waals surface area contributed by atoms with Crippen LogP contribution in [0, 0.1) is 0 Å². The van der Waals surface area contributed by atoms with Crippen molar-refractivity contribution in [2.45, 2.75) is 38.8 Å². The first-order valence-corrected chi connectivity index (χ1v) is 6.28. The van der Waals surface area contributed by atoms with Crippen molar-refractivity contribution in [3.05, 3.63) is 29.8 Å². The molecule has 0 aliphatic carbocycles. The lowest BCUT2D eigenvalue weighted by atomic mass is 9.99. The summed E-state index contributed by atoms with van der Waals surface area (Å²) >= 11 is 0. The minimum absolute atomic E-state index is 0.167. The maximum Gasteiger partial charge on any atom is 0.411 e. The summed E-state index contributed by atoms with van der Waals surface area (Å²) in [6.07, 6.45) is 0.476. The Morgan fingerprint density at radius 1 is 1.39 bits per heavy atom. The fourth-order valence-corrected chi connectivity index (χ4v) is 2.03. The minimum Gasteiger partial charge on any atom is -0.439 e. The molecule has 2 N–H and O–H groups in total. The largest absolute Gasteiger partial charge is 0.439 e. The van der Waals surface area contributed by atoms with Crippen molar-refractivity contribution in [3.8, 4) is 0 Å². The number of ether oxygens (including phenoxy) is 1. The van der Waals surface area contributed by atoms with Gasteiger partial charge in [-0.1, -0.05) is 19.1 Å². The molecule has 0 radical (unpaired) electrons. The van der Waals surface area contributed by atoms with Crippen LogP contribution in [0.5, 0.6) is 0 Å². The third kappa shape index (κ3) is 2.28. The lowest BCUT2D eigenvalue weighted by molar-refractivity contribution is 0.115. The third-order valence-electron chi connectivity index (χ3n) is 3.72. The van der Waals surface area contributed by atoms with Crippen LogP contribution < -0.4 is 5.73 Å². The number of benzene rings is 1. The van der Waals surface area contributed by atoms with Gasteiger partial charge in [-0.05, 0) is 38.0 Å². The Morgan fingerprint density at radius 2 is 2.00 bits per heavy atom. The van der Waals surface area contributed by atoms with Crippen LogP contribution in [0.4, 0.5) is 10.5 Å². The van der Waals surface area contributed by atoms with Crippen molar-refractivity contribution in [1.82, 2.24) is 4.90 Å². The molecule has 98 valence electrons. The molecule has 0 spiro atoms. The highest BCUT2D eigenvalue weighted by Gasteiger charge is 2.39. The van der Waals surface area contributed by atoms with Crippen LogP contribution in [0.3, 0.4) is 0 Å². The first-order valence-electron chi connectivity index (χ1n) is 6.28. The summed E-state index contributed by atoms with van der Waals surface area (Å²) in [4.78, 5) is 13.7. The molecule has 1 aromatic carbocycles. The zero-order valence-corrected chi connectivity index (χ0v) is 11.1. The Bertz CT molecular complexity index is 440. The van der Waals surface area contributed by atoms with Gasteiger partial charge in [0.25, 0.3) is 0 Å². The Balaban J connectivity index is 2.16. The average Bonchev–Trinajstić information content (AvgIpc) is 2.73. The SMILES string of the molecule is CCC(C)(C)N1CC(c2ccc(N)cc2)OC1=O. The molecular formula is C14H20N2O2. The van der Waals surface area contributed by atoms with E-state index in [0.717, 1.165) is 12.0 Å². The second-order valence-corrected chi connectivity index (χ2v) is 5.32. The van der Waals surface area contributed by atoms with E-state index in [1.54, 1.807) is 4.90 Å². The summed E-state index contributed by atoms with van der Waals surface area (Å²) in [6, 6.07) is 7.49. The van der Waals surface area contributed by atoms with Gasteiger partial charge in [-0.25, -0.2) is 4.79 Å². The van der Waals surface area contributed by atoms with E-state index >= 15 is 0 Å². The van der Waals surface area contributed by atoms with E-state index in [-0.39, 0.29) is 17.7 Å². The number of nitrogens with zero attached hydrogens (tertiary/aromatic N) is 1. The zero-order chi connectivity index (χ0) is 13.3. The first kappa shape index (κ1) is 12.7. The molecule has 0 aromatic heterocycles. The van der Waals surface area contributed by atoms with E-state index in [1.165, 1.54) is 0 Å². The van der Waals surface area contributed by atoms with Crippen LogP contribution in [-0.2, 0) is 4.74 Å². The maximum atomic E-state index is 11.9. The van der Waals surface area contributed by atoms with Crippen LogP contribution in [0.15, 0.2) is 24.3 Å². The molecule has 4 heteroatoms. The number of anilines is 1. The molecule has 18 heavy (non-hydrogen) atoms. The summed E-state index contributed by atoms with van der Waals surface area (Å²) < 4.78 is 5.43. The smallest absolute Gasteiger partial charge is 0.411 e. The molecule has 1 heterocycles. The van der Waals surface area contributed by atoms with Gasteiger partial charge < -0.3 is 10.5 Å². The van der Waals surface area contributed by atoms with Crippen LogP contribution in [0.1, 0.15) is 38.9 Å². The highest BCUT2D eigenvalue weighted by atomic mass is 16.6. The normalized spacial score (nSPS) is 20.1. The second-order valence-electron chi connectivity index (χ2n) is 5.32. The standard InChI is InChI=1S/C14H20N2O2/c1-4-14(2,3)16-9-12(18-13(16)17)10-5-7-11(15)8-6-10/h5-8,12H,4,9,15H2,1-3H3. The van der Waals surface area contributed by atoms with Crippen LogP contribution >= 0.6 is 0 Å². The van der Waals surface area contributed by atoms with E-state index < -0.39 is 0 Å². The lowest BCUT2D eigenvalue weighted by Gasteiger charge is -2.32. The summed E-state index contributed by atoms with van der Waals surface area (Å²) in [5, 5.41) is 0. The Labute approximate surface area is 108 Å². The van der Waals surface area contributed by atoms with Gasteiger partial charge in [-0.15, -0.1) is 0 Å². The first-order chi connectivity index (χ1) is 8.44. The van der Waals surface area contributed by atoms with Crippen molar-refractivity contribution < 1.29 is 9.53 Å². The van der Waals surface area contributed by atoms with Gasteiger partial charge in [0.15, 0.2) is 0 Å². The van der Waals surface area contributed by atoms with Gasteiger partial charge in [-0.3, -0.25) is 4.90 Å². The van der Waals surface area contributed by atoms with Crippen molar-refractivity contribution >= 4 is 11.8 Å². The molecule has 0 bridgehead atoms. The predicted molar refractivity (Wildman–Crippen MR) is 71.2 cm³/mol. The molecule has 1 aliphatic heterocycles. The molecule has 1 amide bonds. The van der Waals surface area contributed by atoms with E-state index in [2.05, 4.69) is 20.8 Å². The number of amides is 1. The van der Waals surface area contributed by atoms with Gasteiger partial charge in [-0.2, -0.15) is 0 Å². The Morgan fingerprint density at radius 3 is 2.56 bits per heavy atom. The van der Waals surface area contributed by atoms with Gasteiger partial charge in [0.2, 0.25) is 0 Å². The average molecular weight is 248 g/mol. The van der Waals surface area contributed by atoms with Gasteiger partial charge in [0, 0.05) is 11.2 Å². The number of hydrogen-bond acceptors (Lipinski definition) is 3. The van der Waals surface area contributed by atoms with Gasteiger partial charge in [0.05, 0.1) is 6.54 Å². The molecule has 1 unspecified atom stereocenters. The van der Waals surface area contributed by atoms with Crippen molar-refractivity contribution in [2.75, 3.05) is 12.3 Å². The Hall–Kier alpha value is -1.71. The fourth-order valence-electron chi connectivity index (χ4n) is 2.03. The lowest BCUT2D eigenvalue weighted by Crippen LogP contribution is -2.43. The van der Waals surface area contributed by atoms with Gasteiger partial charge in [0.1, 0.15) is 6.10 Å². The highest BCUT2D eigenvalue weighted by Crippen LogP contribution is 2.32. The third-order valence-corrected chi connectivity index (χ3v) is 3.72. The second kappa shape index (κ2) is 4.52. The predicted octanol–water partition coefficient (Wildman–Crippen LogP) is 2.95. The number of cyclic esters (lactones) is 1. The molecule has 1 saturated heterocycles. The molecule has 2 rings (SSSR count). The molecule has 4 nitrogen and oxygen atoms in total. The molecule has 1 aliphatic rings. The molecule has 1 aromatic rings. The Kier molecular flexibility index (Phi) is 3.20. The van der Waals surface area contributed by atoms with Crippen LogP contribution in [0.2, 0.25) is 0 Å². The number of carbonyl (C=O) groups is 1. The maximum absolute atomic E-state index is 11.9. The number of nitrogen functional groups attached to an aromatic ring is 1. The number of hydrogen-bond donors (Lipinski definition) is 1. The summed E-state index contributed by atoms with van der Waals surface area (Å²) in [6.45, 7) is 6.78. The van der Waals surface area contributed by atoms with Crippen molar-refractivity contribution in [1.29, 1.82) is 0 Å². The molecule has 1 atom stereocenters. The summed E-state index contributed by atoms with van der Waals surface area (Å²) in [7, 11) is 0. The highest BCUT2D eigenvalue weighted by molar-refractivity contribution is 5.71. The molecular weight excluding hydrogens is 228 g/mol. The van der Waals surface area contributed by atoms with Crippen molar-refractivity contribution in [3.63, 3.8) is 0 Å². The zero-order valence-electron chi connectivity index (χ0n) is 11.1. The fraction of sp³-hybridized carbons (Fsp3) is 0.500. The quantitative estimate of drug-likeness (QED) is 0.837. The summed E-state index contributed by atoms with van der Waals surface area (Å²) in [5.74, 6) is 0.